The van der Waals surface area contributed by atoms with Gasteiger partial charge in [0, 0.05) is 16.6 Å². The maximum atomic E-state index is 12.7. The molecular formula is C16H21Br2NO2. The fourth-order valence-corrected chi connectivity index (χ4v) is 4.02. The second-order valence-corrected chi connectivity index (χ2v) is 7.48. The Bertz CT molecular complexity index is 511. The van der Waals surface area contributed by atoms with Crippen LogP contribution in [0.5, 0.6) is 5.75 Å². The van der Waals surface area contributed by atoms with Gasteiger partial charge in [0.25, 0.3) is 5.91 Å². The molecule has 3 nitrogen and oxygen atoms in total. The van der Waals surface area contributed by atoms with E-state index in [2.05, 4.69) is 45.7 Å². The third-order valence-electron chi connectivity index (χ3n) is 3.99. The number of halogens is 2. The van der Waals surface area contributed by atoms with Crippen molar-refractivity contribution in [3.05, 3.63) is 27.1 Å². The van der Waals surface area contributed by atoms with E-state index in [4.69, 9.17) is 4.74 Å². The Hall–Kier alpha value is -0.550. The first kappa shape index (κ1) is 16.8. The van der Waals surface area contributed by atoms with Crippen LogP contribution in [-0.4, -0.2) is 29.0 Å². The van der Waals surface area contributed by atoms with Crippen molar-refractivity contribution in [3.63, 3.8) is 0 Å². The van der Waals surface area contributed by atoms with Crippen molar-refractivity contribution < 1.29 is 9.53 Å². The minimum absolute atomic E-state index is 0.0736. The summed E-state index contributed by atoms with van der Waals surface area (Å²) in [5.41, 5.74) is 0. The smallest absolute Gasteiger partial charge is 0.263 e. The molecule has 0 aliphatic carbocycles. The summed E-state index contributed by atoms with van der Waals surface area (Å²) in [6.07, 6.45) is 2.86. The molecule has 1 aromatic carbocycles. The molecule has 0 bridgehead atoms. The molecule has 3 atom stereocenters. The predicted molar refractivity (Wildman–Crippen MR) is 91.6 cm³/mol. The van der Waals surface area contributed by atoms with Gasteiger partial charge < -0.3 is 9.64 Å². The molecule has 1 aromatic rings. The Morgan fingerprint density at radius 3 is 2.48 bits per heavy atom. The van der Waals surface area contributed by atoms with Crippen LogP contribution in [0.3, 0.4) is 0 Å². The van der Waals surface area contributed by atoms with Gasteiger partial charge in [-0.15, -0.1) is 0 Å². The zero-order chi connectivity index (χ0) is 15.6. The second kappa shape index (κ2) is 7.14. The predicted octanol–water partition coefficient (Wildman–Crippen LogP) is 4.77. The Morgan fingerprint density at radius 2 is 1.90 bits per heavy atom. The molecule has 0 spiro atoms. The summed E-state index contributed by atoms with van der Waals surface area (Å²) in [7, 11) is 0. The normalized spacial score (nSPS) is 23.8. The fraction of sp³-hybridized carbons (Fsp3) is 0.562. The highest BCUT2D eigenvalue weighted by Crippen LogP contribution is 2.30. The molecule has 1 heterocycles. The highest BCUT2D eigenvalue weighted by atomic mass is 79.9. The second-order valence-electron chi connectivity index (χ2n) is 5.71. The summed E-state index contributed by atoms with van der Waals surface area (Å²) in [6.45, 7) is 6.07. The van der Waals surface area contributed by atoms with Crippen LogP contribution < -0.4 is 4.74 Å². The zero-order valence-electron chi connectivity index (χ0n) is 12.6. The van der Waals surface area contributed by atoms with E-state index >= 15 is 0 Å². The number of benzene rings is 1. The van der Waals surface area contributed by atoms with Crippen LogP contribution in [0.2, 0.25) is 0 Å². The molecule has 1 amide bonds. The third-order valence-corrected chi connectivity index (χ3v) is 5.11. The molecule has 1 aliphatic heterocycles. The van der Waals surface area contributed by atoms with Crippen molar-refractivity contribution in [2.24, 2.45) is 0 Å². The number of likely N-dealkylation sites (tertiary alicyclic amines) is 1. The number of rotatable bonds is 3. The molecule has 116 valence electrons. The number of hydrogen-bond acceptors (Lipinski definition) is 2. The SMILES string of the molecule is C[C@@H](Oc1ccc(Br)cc1Br)C(=O)N1[C@@H](C)CCC[C@@H]1C. The van der Waals surface area contributed by atoms with Crippen LogP contribution in [0.15, 0.2) is 27.1 Å². The highest BCUT2D eigenvalue weighted by molar-refractivity contribution is 9.11. The molecule has 1 saturated heterocycles. The molecule has 0 radical (unpaired) electrons. The first-order chi connectivity index (χ1) is 9.90. The maximum absolute atomic E-state index is 12.7. The van der Waals surface area contributed by atoms with Gasteiger partial charge in [0.2, 0.25) is 0 Å². The van der Waals surface area contributed by atoms with Gasteiger partial charge in [-0.05, 0) is 74.2 Å². The van der Waals surface area contributed by atoms with Crippen molar-refractivity contribution in [2.75, 3.05) is 0 Å². The van der Waals surface area contributed by atoms with Gasteiger partial charge in [-0.25, -0.2) is 0 Å². The third kappa shape index (κ3) is 4.01. The lowest BCUT2D eigenvalue weighted by atomic mass is 9.97. The molecule has 0 aromatic heterocycles. The number of nitrogens with zero attached hydrogens (tertiary/aromatic N) is 1. The van der Waals surface area contributed by atoms with Gasteiger partial charge in [0.05, 0.1) is 4.47 Å². The Kier molecular flexibility index (Phi) is 5.72. The Morgan fingerprint density at radius 1 is 1.29 bits per heavy atom. The van der Waals surface area contributed by atoms with Crippen LogP contribution in [0.4, 0.5) is 0 Å². The van der Waals surface area contributed by atoms with Crippen LogP contribution in [0, 0.1) is 0 Å². The fourth-order valence-electron chi connectivity index (χ4n) is 2.88. The number of ether oxygens (including phenoxy) is 1. The summed E-state index contributed by atoms with van der Waals surface area (Å²) in [5, 5.41) is 0. The van der Waals surface area contributed by atoms with E-state index in [1.54, 1.807) is 0 Å². The molecule has 1 fully saturated rings. The monoisotopic (exact) mass is 417 g/mol. The van der Waals surface area contributed by atoms with Gasteiger partial charge in [-0.2, -0.15) is 0 Å². The number of carbonyl (C=O) groups excluding carboxylic acids is 1. The van der Waals surface area contributed by atoms with Crippen LogP contribution >= 0.6 is 31.9 Å². The quantitative estimate of drug-likeness (QED) is 0.707. The average molecular weight is 419 g/mol. The lowest BCUT2D eigenvalue weighted by molar-refractivity contribution is -0.144. The number of carbonyl (C=O) groups is 1. The number of hydrogen-bond donors (Lipinski definition) is 0. The molecule has 1 aliphatic rings. The van der Waals surface area contributed by atoms with Gasteiger partial charge in [-0.3, -0.25) is 4.79 Å². The Labute approximate surface area is 143 Å². The molecule has 2 rings (SSSR count). The molecule has 0 N–H and O–H groups in total. The van der Waals surface area contributed by atoms with Gasteiger partial charge in [0.1, 0.15) is 5.75 Å². The molecule has 0 unspecified atom stereocenters. The van der Waals surface area contributed by atoms with Crippen molar-refractivity contribution >= 4 is 37.8 Å². The summed E-state index contributed by atoms with van der Waals surface area (Å²) in [4.78, 5) is 14.7. The van der Waals surface area contributed by atoms with Crippen LogP contribution in [-0.2, 0) is 4.79 Å². The average Bonchev–Trinajstić information content (AvgIpc) is 2.41. The van der Waals surface area contributed by atoms with Crippen molar-refractivity contribution in [1.82, 2.24) is 4.90 Å². The largest absolute Gasteiger partial charge is 0.480 e. The molecular weight excluding hydrogens is 398 g/mol. The number of piperidine rings is 1. The van der Waals surface area contributed by atoms with Crippen molar-refractivity contribution in [3.8, 4) is 5.75 Å². The van der Waals surface area contributed by atoms with Crippen LogP contribution in [0.1, 0.15) is 40.0 Å². The van der Waals surface area contributed by atoms with E-state index in [0.717, 1.165) is 21.8 Å². The minimum Gasteiger partial charge on any atom is -0.480 e. The molecule has 5 heteroatoms. The first-order valence-corrected chi connectivity index (χ1v) is 8.92. The van der Waals surface area contributed by atoms with E-state index < -0.39 is 6.10 Å². The van der Waals surface area contributed by atoms with Gasteiger partial charge >= 0.3 is 0 Å². The summed E-state index contributed by atoms with van der Waals surface area (Å²) >= 11 is 6.87. The topological polar surface area (TPSA) is 29.5 Å². The van der Waals surface area contributed by atoms with Gasteiger partial charge in [0.15, 0.2) is 6.10 Å². The maximum Gasteiger partial charge on any atom is 0.263 e. The van der Waals surface area contributed by atoms with Crippen molar-refractivity contribution in [1.29, 1.82) is 0 Å². The summed E-state index contributed by atoms with van der Waals surface area (Å²) in [5.74, 6) is 0.765. The standard InChI is InChI=1S/C16H21Br2NO2/c1-10-5-4-6-11(2)19(10)16(20)12(3)21-15-8-7-13(17)9-14(15)18/h7-12H,4-6H2,1-3H3/t10-,11-,12+/m0/s1. The summed E-state index contributed by atoms with van der Waals surface area (Å²) in [6, 6.07) is 6.27. The zero-order valence-corrected chi connectivity index (χ0v) is 15.8. The van der Waals surface area contributed by atoms with Crippen LogP contribution in [0.25, 0.3) is 0 Å². The lowest BCUT2D eigenvalue weighted by Crippen LogP contribution is -2.51. The van der Waals surface area contributed by atoms with Gasteiger partial charge in [-0.1, -0.05) is 15.9 Å². The van der Waals surface area contributed by atoms with E-state index in [0.29, 0.717) is 17.8 Å². The molecule has 0 saturated carbocycles. The molecule has 21 heavy (non-hydrogen) atoms. The highest BCUT2D eigenvalue weighted by Gasteiger charge is 2.32. The van der Waals surface area contributed by atoms with E-state index in [1.165, 1.54) is 6.42 Å². The minimum atomic E-state index is -0.481. The van der Waals surface area contributed by atoms with E-state index in [1.807, 2.05) is 30.0 Å². The van der Waals surface area contributed by atoms with Crippen molar-refractivity contribution in [2.45, 2.75) is 58.2 Å². The summed E-state index contributed by atoms with van der Waals surface area (Å²) < 4.78 is 7.67. The lowest BCUT2D eigenvalue weighted by Gasteiger charge is -2.40. The van der Waals surface area contributed by atoms with E-state index in [-0.39, 0.29) is 5.91 Å². The first-order valence-electron chi connectivity index (χ1n) is 7.34. The Balaban J connectivity index is 2.08. The number of amides is 1. The van der Waals surface area contributed by atoms with E-state index in [9.17, 15) is 4.79 Å².